The molecule has 0 saturated carbocycles. The van der Waals surface area contributed by atoms with Crippen LogP contribution in [0.3, 0.4) is 0 Å². The lowest BCUT2D eigenvalue weighted by Gasteiger charge is -2.35. The lowest BCUT2D eigenvalue weighted by atomic mass is 9.98. The summed E-state index contributed by atoms with van der Waals surface area (Å²) in [5, 5.41) is 17.9. The topological polar surface area (TPSA) is 74.0 Å². The van der Waals surface area contributed by atoms with Gasteiger partial charge in [0.15, 0.2) is 5.76 Å². The van der Waals surface area contributed by atoms with E-state index in [1.807, 2.05) is 18.2 Å². The number of nitrogens with one attached hydrogen (secondary N) is 1. The van der Waals surface area contributed by atoms with Gasteiger partial charge in [0, 0.05) is 63.0 Å². The number of halogens is 1. The third-order valence-corrected chi connectivity index (χ3v) is 7.12. The third kappa shape index (κ3) is 6.50. The van der Waals surface area contributed by atoms with Crippen LogP contribution in [-0.2, 0) is 24.2 Å². The van der Waals surface area contributed by atoms with Crippen LogP contribution < -0.4 is 10.2 Å². The van der Waals surface area contributed by atoms with Gasteiger partial charge in [-0.3, -0.25) is 4.90 Å². The molecular weight excluding hydrogens is 459 g/mol. The van der Waals surface area contributed by atoms with E-state index >= 15 is 0 Å². The number of piperazine rings is 1. The molecule has 36 heavy (non-hydrogen) atoms. The zero-order chi connectivity index (χ0) is 24.7. The lowest BCUT2D eigenvalue weighted by molar-refractivity contribution is -0.115. The molecule has 2 N–H and O–H groups in total. The molecule has 2 saturated heterocycles. The first-order valence-electron chi connectivity index (χ1n) is 12.9. The van der Waals surface area contributed by atoms with Gasteiger partial charge < -0.3 is 24.6 Å². The van der Waals surface area contributed by atoms with E-state index in [9.17, 15) is 9.50 Å². The molecule has 2 fully saturated rings. The van der Waals surface area contributed by atoms with Gasteiger partial charge >= 0.3 is 0 Å². The Morgan fingerprint density at radius 1 is 1.00 bits per heavy atom. The fourth-order valence-corrected chi connectivity index (χ4v) is 5.06. The first kappa shape index (κ1) is 24.9. The second-order valence-corrected chi connectivity index (χ2v) is 9.75. The molecule has 7 nitrogen and oxygen atoms in total. The van der Waals surface area contributed by atoms with Crippen molar-refractivity contribution >= 4 is 5.69 Å². The first-order valence-corrected chi connectivity index (χ1v) is 12.9. The Morgan fingerprint density at radius 3 is 2.58 bits per heavy atom. The molecule has 2 aromatic carbocycles. The molecule has 192 valence electrons. The number of rotatable bonds is 9. The van der Waals surface area contributed by atoms with Gasteiger partial charge in [0.25, 0.3) is 0 Å². The molecule has 0 spiro atoms. The SMILES string of the molecule is OC1CCC(Cc2cc(CN3CCN(c4ccccc4)CC3)on2)OC1CNCc1ccccc1F. The largest absolute Gasteiger partial charge is 0.390 e. The number of aliphatic hydroxyl groups excluding tert-OH is 1. The summed E-state index contributed by atoms with van der Waals surface area (Å²) in [7, 11) is 0. The second kappa shape index (κ2) is 12.0. The van der Waals surface area contributed by atoms with E-state index in [4.69, 9.17) is 9.26 Å². The zero-order valence-electron chi connectivity index (χ0n) is 20.6. The minimum absolute atomic E-state index is 0.0268. The average Bonchev–Trinajstić information content (AvgIpc) is 3.34. The van der Waals surface area contributed by atoms with E-state index in [2.05, 4.69) is 44.5 Å². The highest BCUT2D eigenvalue weighted by molar-refractivity contribution is 5.46. The summed E-state index contributed by atoms with van der Waals surface area (Å²) >= 11 is 0. The number of anilines is 1. The van der Waals surface area contributed by atoms with Crippen molar-refractivity contribution in [1.29, 1.82) is 0 Å². The van der Waals surface area contributed by atoms with Crippen molar-refractivity contribution in [3.8, 4) is 0 Å². The molecule has 0 radical (unpaired) electrons. The summed E-state index contributed by atoms with van der Waals surface area (Å²) in [4.78, 5) is 4.81. The average molecular weight is 495 g/mol. The Balaban J connectivity index is 1.06. The molecule has 3 unspecified atom stereocenters. The fraction of sp³-hybridized carbons (Fsp3) is 0.464. The normalized spacial score (nSPS) is 23.2. The molecule has 0 aliphatic carbocycles. The van der Waals surface area contributed by atoms with Gasteiger partial charge in [-0.25, -0.2) is 4.39 Å². The van der Waals surface area contributed by atoms with Crippen LogP contribution >= 0.6 is 0 Å². The number of hydrogen-bond acceptors (Lipinski definition) is 7. The van der Waals surface area contributed by atoms with E-state index in [0.717, 1.165) is 50.6 Å². The maximum Gasteiger partial charge on any atom is 0.150 e. The molecule has 2 aliphatic heterocycles. The minimum atomic E-state index is -0.531. The van der Waals surface area contributed by atoms with Crippen LogP contribution in [0.1, 0.15) is 29.9 Å². The van der Waals surface area contributed by atoms with E-state index in [1.165, 1.54) is 11.8 Å². The van der Waals surface area contributed by atoms with Crippen molar-refractivity contribution in [2.24, 2.45) is 0 Å². The first-order chi connectivity index (χ1) is 17.6. The Bertz CT molecular complexity index is 1090. The molecular formula is C28H35FN4O3. The van der Waals surface area contributed by atoms with Crippen molar-refractivity contribution < 1.29 is 18.8 Å². The van der Waals surface area contributed by atoms with Crippen molar-refractivity contribution in [1.82, 2.24) is 15.4 Å². The number of benzene rings is 2. The van der Waals surface area contributed by atoms with Crippen LogP contribution in [0, 0.1) is 5.82 Å². The Labute approximate surface area is 211 Å². The highest BCUT2D eigenvalue weighted by Crippen LogP contribution is 2.23. The van der Waals surface area contributed by atoms with E-state index < -0.39 is 6.10 Å². The number of para-hydroxylation sites is 1. The van der Waals surface area contributed by atoms with Crippen LogP contribution in [-0.4, -0.2) is 66.2 Å². The molecule has 1 aromatic heterocycles. The summed E-state index contributed by atoms with van der Waals surface area (Å²) in [5.41, 5.74) is 2.76. The predicted molar refractivity (Wildman–Crippen MR) is 136 cm³/mol. The Kier molecular flexibility index (Phi) is 8.28. The van der Waals surface area contributed by atoms with E-state index in [1.54, 1.807) is 12.1 Å². The van der Waals surface area contributed by atoms with Gasteiger partial charge in [-0.2, -0.15) is 0 Å². The maximum atomic E-state index is 13.8. The zero-order valence-corrected chi connectivity index (χ0v) is 20.6. The van der Waals surface area contributed by atoms with Gasteiger partial charge in [0.05, 0.1) is 30.6 Å². The number of ether oxygens (including phenoxy) is 1. The summed E-state index contributed by atoms with van der Waals surface area (Å²) in [6.07, 6.45) is 1.21. The van der Waals surface area contributed by atoms with Crippen LogP contribution in [0.25, 0.3) is 0 Å². The van der Waals surface area contributed by atoms with Crippen molar-refractivity contribution in [3.63, 3.8) is 0 Å². The van der Waals surface area contributed by atoms with Crippen LogP contribution in [0.15, 0.2) is 65.2 Å². The van der Waals surface area contributed by atoms with Crippen LogP contribution in [0.2, 0.25) is 0 Å². The molecule has 0 amide bonds. The molecule has 0 bridgehead atoms. The minimum Gasteiger partial charge on any atom is -0.390 e. The molecule has 3 heterocycles. The summed E-state index contributed by atoms with van der Waals surface area (Å²) in [5.74, 6) is 0.644. The number of aromatic nitrogens is 1. The van der Waals surface area contributed by atoms with Gasteiger partial charge in [-0.05, 0) is 31.0 Å². The third-order valence-electron chi connectivity index (χ3n) is 7.12. The highest BCUT2D eigenvalue weighted by atomic mass is 19.1. The lowest BCUT2D eigenvalue weighted by Crippen LogP contribution is -2.45. The second-order valence-electron chi connectivity index (χ2n) is 9.75. The van der Waals surface area contributed by atoms with Gasteiger partial charge in [0.1, 0.15) is 5.82 Å². The number of aliphatic hydroxyl groups is 1. The quantitative estimate of drug-likeness (QED) is 0.473. The van der Waals surface area contributed by atoms with Crippen molar-refractivity contribution in [3.05, 3.63) is 83.5 Å². The monoisotopic (exact) mass is 494 g/mol. The fourth-order valence-electron chi connectivity index (χ4n) is 5.06. The van der Waals surface area contributed by atoms with Crippen molar-refractivity contribution in [2.75, 3.05) is 37.6 Å². The number of nitrogens with zero attached hydrogens (tertiary/aromatic N) is 3. The maximum absolute atomic E-state index is 13.8. The van der Waals surface area contributed by atoms with E-state index in [0.29, 0.717) is 31.5 Å². The number of hydrogen-bond donors (Lipinski definition) is 2. The van der Waals surface area contributed by atoms with Crippen LogP contribution in [0.4, 0.5) is 10.1 Å². The van der Waals surface area contributed by atoms with Crippen molar-refractivity contribution in [2.45, 2.75) is 50.7 Å². The highest BCUT2D eigenvalue weighted by Gasteiger charge is 2.30. The summed E-state index contributed by atoms with van der Waals surface area (Å²) < 4.78 is 25.6. The molecule has 3 atom stereocenters. The Hall–Kier alpha value is -2.78. The Morgan fingerprint density at radius 2 is 1.78 bits per heavy atom. The predicted octanol–water partition coefficient (Wildman–Crippen LogP) is 3.38. The van der Waals surface area contributed by atoms with Gasteiger partial charge in [0.2, 0.25) is 0 Å². The van der Waals surface area contributed by atoms with E-state index in [-0.39, 0.29) is 18.0 Å². The van der Waals surface area contributed by atoms with Gasteiger partial charge in [-0.15, -0.1) is 0 Å². The molecule has 2 aliphatic rings. The smallest absolute Gasteiger partial charge is 0.150 e. The standard InChI is InChI=1S/C28H35FN4O3/c29-26-9-5-4-6-21(26)18-30-19-28-27(34)11-10-24(35-28)16-22-17-25(36-31-22)20-32-12-14-33(15-13-32)23-7-2-1-3-8-23/h1-9,17,24,27-28,30,34H,10-16,18-20H2. The van der Waals surface area contributed by atoms with Gasteiger partial charge in [-0.1, -0.05) is 41.6 Å². The van der Waals surface area contributed by atoms with Crippen LogP contribution in [0.5, 0.6) is 0 Å². The molecule has 3 aromatic rings. The molecule has 5 rings (SSSR count). The summed E-state index contributed by atoms with van der Waals surface area (Å²) in [6, 6.07) is 19.3. The summed E-state index contributed by atoms with van der Waals surface area (Å²) in [6.45, 7) is 5.57. The molecule has 8 heteroatoms.